The van der Waals surface area contributed by atoms with Crippen molar-refractivity contribution < 1.29 is 14.2 Å². The van der Waals surface area contributed by atoms with Crippen LogP contribution in [0.15, 0.2) is 23.1 Å². The summed E-state index contributed by atoms with van der Waals surface area (Å²) in [6, 6.07) is 4.09. The summed E-state index contributed by atoms with van der Waals surface area (Å²) >= 11 is 0. The summed E-state index contributed by atoms with van der Waals surface area (Å²) in [6.07, 6.45) is 2.60. The zero-order valence-corrected chi connectivity index (χ0v) is 14.6. The Morgan fingerprint density at radius 3 is 2.76 bits per heavy atom. The quantitative estimate of drug-likeness (QED) is 0.846. The van der Waals surface area contributed by atoms with Crippen LogP contribution in [0.5, 0.6) is 17.2 Å². The van der Waals surface area contributed by atoms with E-state index >= 15 is 0 Å². The standard InChI is InChI=1S/C18H21N3O4/c1-4-21-18(22)17-13(9-19-21)20-6-5-11-7-15(23-2)16(24-3)8-12(11)14(20)10-25-17/h7-9,14H,4-6,10H2,1-3H3/t14-/m1/s1. The van der Waals surface area contributed by atoms with Gasteiger partial charge in [-0.25, -0.2) is 4.68 Å². The van der Waals surface area contributed by atoms with E-state index in [0.29, 0.717) is 24.7 Å². The molecule has 0 aliphatic carbocycles. The zero-order valence-electron chi connectivity index (χ0n) is 14.6. The van der Waals surface area contributed by atoms with Crippen molar-refractivity contribution in [1.29, 1.82) is 0 Å². The van der Waals surface area contributed by atoms with Gasteiger partial charge in [0.15, 0.2) is 11.5 Å². The molecule has 0 fully saturated rings. The Labute approximate surface area is 145 Å². The molecule has 7 heteroatoms. The maximum absolute atomic E-state index is 12.5. The van der Waals surface area contributed by atoms with Crippen molar-refractivity contribution in [3.05, 3.63) is 39.8 Å². The van der Waals surface area contributed by atoms with Crippen LogP contribution in [0.3, 0.4) is 0 Å². The number of benzene rings is 1. The number of nitrogens with zero attached hydrogens (tertiary/aromatic N) is 3. The summed E-state index contributed by atoms with van der Waals surface area (Å²) in [4.78, 5) is 14.7. The Morgan fingerprint density at radius 2 is 2.04 bits per heavy atom. The number of fused-ring (bicyclic) bond motifs is 5. The topological polar surface area (TPSA) is 65.8 Å². The van der Waals surface area contributed by atoms with Gasteiger partial charge in [-0.2, -0.15) is 5.10 Å². The first-order valence-electron chi connectivity index (χ1n) is 8.42. The van der Waals surface area contributed by atoms with Gasteiger partial charge in [0.2, 0.25) is 5.75 Å². The van der Waals surface area contributed by atoms with Crippen LogP contribution in [0.4, 0.5) is 5.69 Å². The van der Waals surface area contributed by atoms with Gasteiger partial charge in [-0.1, -0.05) is 0 Å². The molecular weight excluding hydrogens is 322 g/mol. The monoisotopic (exact) mass is 343 g/mol. The smallest absolute Gasteiger partial charge is 0.311 e. The molecule has 132 valence electrons. The van der Waals surface area contributed by atoms with Crippen LogP contribution in [-0.2, 0) is 13.0 Å². The molecule has 25 heavy (non-hydrogen) atoms. The zero-order chi connectivity index (χ0) is 17.6. The number of hydrogen-bond acceptors (Lipinski definition) is 6. The van der Waals surface area contributed by atoms with E-state index in [-0.39, 0.29) is 11.6 Å². The highest BCUT2D eigenvalue weighted by Gasteiger charge is 2.36. The van der Waals surface area contributed by atoms with E-state index in [1.807, 2.05) is 19.1 Å². The molecule has 2 aliphatic rings. The molecular formula is C18H21N3O4. The summed E-state index contributed by atoms with van der Waals surface area (Å²) in [6.45, 7) is 3.65. The SMILES string of the molecule is CCn1ncc2c(c1=O)OC[C@@H]1c3cc(OC)c(OC)cc3CCN21. The fourth-order valence-corrected chi connectivity index (χ4v) is 3.69. The second-order valence-corrected chi connectivity index (χ2v) is 6.16. The molecule has 1 atom stereocenters. The van der Waals surface area contributed by atoms with Crippen LogP contribution >= 0.6 is 0 Å². The lowest BCUT2D eigenvalue weighted by molar-refractivity contribution is 0.250. The van der Waals surface area contributed by atoms with Crippen LogP contribution in [-0.4, -0.2) is 37.2 Å². The molecule has 0 radical (unpaired) electrons. The van der Waals surface area contributed by atoms with Gasteiger partial charge in [0.25, 0.3) is 0 Å². The van der Waals surface area contributed by atoms with Gasteiger partial charge >= 0.3 is 5.56 Å². The minimum Gasteiger partial charge on any atom is -0.493 e. The molecule has 0 saturated carbocycles. The molecule has 0 bridgehead atoms. The predicted octanol–water partition coefficient (Wildman–Crippen LogP) is 1.78. The molecule has 2 aliphatic heterocycles. The Bertz CT molecular complexity index is 877. The normalized spacial score (nSPS) is 17.9. The highest BCUT2D eigenvalue weighted by molar-refractivity contribution is 5.62. The Morgan fingerprint density at radius 1 is 1.28 bits per heavy atom. The Kier molecular flexibility index (Phi) is 3.78. The molecule has 1 aromatic heterocycles. The highest BCUT2D eigenvalue weighted by Crippen LogP contribution is 2.43. The fraction of sp³-hybridized carbons (Fsp3) is 0.444. The van der Waals surface area contributed by atoms with Gasteiger partial charge in [0, 0.05) is 13.1 Å². The van der Waals surface area contributed by atoms with Crippen molar-refractivity contribution >= 4 is 5.69 Å². The van der Waals surface area contributed by atoms with Gasteiger partial charge in [-0.15, -0.1) is 0 Å². The van der Waals surface area contributed by atoms with Crippen molar-refractivity contribution in [1.82, 2.24) is 9.78 Å². The van der Waals surface area contributed by atoms with Crippen LogP contribution in [0.2, 0.25) is 0 Å². The van der Waals surface area contributed by atoms with Gasteiger partial charge in [0.1, 0.15) is 12.3 Å². The third-order valence-electron chi connectivity index (χ3n) is 4.98. The number of aromatic nitrogens is 2. The predicted molar refractivity (Wildman–Crippen MR) is 93.0 cm³/mol. The number of methoxy groups -OCH3 is 2. The van der Waals surface area contributed by atoms with Gasteiger partial charge in [-0.3, -0.25) is 4.79 Å². The molecule has 0 amide bonds. The number of aryl methyl sites for hydroxylation is 1. The average molecular weight is 343 g/mol. The van der Waals surface area contributed by atoms with Crippen LogP contribution in [0.1, 0.15) is 24.1 Å². The molecule has 0 N–H and O–H groups in total. The number of rotatable bonds is 3. The van der Waals surface area contributed by atoms with E-state index in [1.165, 1.54) is 10.2 Å². The van der Waals surface area contributed by atoms with E-state index in [1.54, 1.807) is 20.4 Å². The van der Waals surface area contributed by atoms with Crippen molar-refractivity contribution in [2.45, 2.75) is 25.9 Å². The van der Waals surface area contributed by atoms with Crippen molar-refractivity contribution in [3.8, 4) is 17.2 Å². The van der Waals surface area contributed by atoms with E-state index in [0.717, 1.165) is 30.0 Å². The Hall–Kier alpha value is -2.70. The van der Waals surface area contributed by atoms with Crippen LogP contribution in [0, 0.1) is 0 Å². The summed E-state index contributed by atoms with van der Waals surface area (Å²) in [5.74, 6) is 1.84. The van der Waals surface area contributed by atoms with Crippen LogP contribution < -0.4 is 24.7 Å². The average Bonchev–Trinajstić information content (AvgIpc) is 2.66. The fourth-order valence-electron chi connectivity index (χ4n) is 3.69. The first kappa shape index (κ1) is 15.8. The lowest BCUT2D eigenvalue weighted by Crippen LogP contribution is -2.43. The van der Waals surface area contributed by atoms with Crippen molar-refractivity contribution in [3.63, 3.8) is 0 Å². The first-order valence-corrected chi connectivity index (χ1v) is 8.42. The maximum Gasteiger partial charge on any atom is 0.311 e. The molecule has 0 spiro atoms. The third kappa shape index (κ3) is 2.33. The largest absolute Gasteiger partial charge is 0.493 e. The summed E-state index contributed by atoms with van der Waals surface area (Å²) < 4.78 is 18.2. The van der Waals surface area contributed by atoms with Crippen molar-refractivity contribution in [2.75, 3.05) is 32.3 Å². The summed E-state index contributed by atoms with van der Waals surface area (Å²) in [5, 5.41) is 4.26. The minimum absolute atomic E-state index is 0.0368. The van der Waals surface area contributed by atoms with Gasteiger partial charge < -0.3 is 19.1 Å². The first-order chi connectivity index (χ1) is 12.2. The molecule has 0 unspecified atom stereocenters. The van der Waals surface area contributed by atoms with E-state index < -0.39 is 0 Å². The summed E-state index contributed by atoms with van der Waals surface area (Å²) in [5.41, 5.74) is 2.97. The van der Waals surface area contributed by atoms with Gasteiger partial charge in [-0.05, 0) is 36.6 Å². The third-order valence-corrected chi connectivity index (χ3v) is 4.98. The maximum atomic E-state index is 12.5. The van der Waals surface area contributed by atoms with Crippen LogP contribution in [0.25, 0.3) is 0 Å². The molecule has 0 saturated heterocycles. The Balaban J connectivity index is 1.79. The second kappa shape index (κ2) is 5.98. The number of anilines is 1. The second-order valence-electron chi connectivity index (χ2n) is 6.16. The molecule has 3 heterocycles. The lowest BCUT2D eigenvalue weighted by atomic mass is 9.91. The molecule has 4 rings (SSSR count). The molecule has 1 aromatic carbocycles. The minimum atomic E-state index is -0.170. The van der Waals surface area contributed by atoms with Crippen molar-refractivity contribution in [2.24, 2.45) is 0 Å². The highest BCUT2D eigenvalue weighted by atomic mass is 16.5. The molecule has 2 aromatic rings. The number of ether oxygens (including phenoxy) is 3. The van der Waals surface area contributed by atoms with Gasteiger partial charge in [0.05, 0.1) is 26.5 Å². The van der Waals surface area contributed by atoms with E-state index in [2.05, 4.69) is 10.00 Å². The lowest BCUT2D eigenvalue weighted by Gasteiger charge is -2.42. The molecule has 7 nitrogen and oxygen atoms in total. The van der Waals surface area contributed by atoms with E-state index in [9.17, 15) is 4.79 Å². The van der Waals surface area contributed by atoms with E-state index in [4.69, 9.17) is 14.2 Å². The summed E-state index contributed by atoms with van der Waals surface area (Å²) in [7, 11) is 3.28. The number of hydrogen-bond donors (Lipinski definition) is 0.